The fourth-order valence-electron chi connectivity index (χ4n) is 2.61. The van der Waals surface area contributed by atoms with Crippen LogP contribution < -0.4 is 5.32 Å². The molecule has 3 heterocycles. The van der Waals surface area contributed by atoms with Crippen molar-refractivity contribution in [2.75, 3.05) is 0 Å². The lowest BCUT2D eigenvalue weighted by Crippen LogP contribution is -2.27. The number of amides is 1. The number of carbonyl (C=O) groups excluding carboxylic acids is 1. The minimum absolute atomic E-state index is 0.154. The Kier molecular flexibility index (Phi) is 4.18. The lowest BCUT2D eigenvalue weighted by molar-refractivity contribution is -0.122. The van der Waals surface area contributed by atoms with Gasteiger partial charge in [0.1, 0.15) is 11.3 Å². The van der Waals surface area contributed by atoms with E-state index >= 15 is 0 Å². The molecule has 0 spiro atoms. The molecule has 26 heavy (non-hydrogen) atoms. The van der Waals surface area contributed by atoms with Crippen molar-refractivity contribution in [2.24, 2.45) is 0 Å². The van der Waals surface area contributed by atoms with Crippen LogP contribution in [0.4, 0.5) is 0 Å². The molecule has 0 aliphatic heterocycles. The molecule has 4 rings (SSSR count). The second kappa shape index (κ2) is 6.79. The second-order valence-electron chi connectivity index (χ2n) is 5.87. The van der Waals surface area contributed by atoms with Gasteiger partial charge in [0.25, 0.3) is 0 Å². The highest BCUT2D eigenvalue weighted by molar-refractivity contribution is 5.85. The summed E-state index contributed by atoms with van der Waals surface area (Å²) >= 11 is 0. The summed E-state index contributed by atoms with van der Waals surface area (Å²) in [6.07, 6.45) is 3.31. The van der Waals surface area contributed by atoms with Crippen LogP contribution in [0.5, 0.6) is 0 Å². The number of nitrogens with one attached hydrogen (secondary N) is 1. The first-order chi connectivity index (χ1) is 12.7. The molecule has 3 aromatic heterocycles. The molecule has 1 N–H and O–H groups in total. The van der Waals surface area contributed by atoms with Crippen LogP contribution in [0.2, 0.25) is 0 Å². The molecule has 1 amide bonds. The number of pyridine rings is 1. The maximum atomic E-state index is 12.4. The van der Waals surface area contributed by atoms with Crippen molar-refractivity contribution < 1.29 is 13.7 Å². The van der Waals surface area contributed by atoms with Gasteiger partial charge in [-0.3, -0.25) is 9.78 Å². The number of carbonyl (C=O) groups is 1. The molecule has 7 heteroatoms. The smallest absolute Gasteiger partial charge is 0.246 e. The van der Waals surface area contributed by atoms with Crippen molar-refractivity contribution in [2.45, 2.75) is 19.4 Å². The number of hydrogen-bond donors (Lipinski definition) is 1. The molecule has 0 saturated carbocycles. The molecule has 1 atom stereocenters. The van der Waals surface area contributed by atoms with Crippen molar-refractivity contribution in [3.05, 3.63) is 66.5 Å². The lowest BCUT2D eigenvalue weighted by atomic mass is 10.1. The predicted molar refractivity (Wildman–Crippen MR) is 94.0 cm³/mol. The molecule has 4 aromatic rings. The van der Waals surface area contributed by atoms with Crippen molar-refractivity contribution in [3.8, 4) is 11.4 Å². The number of rotatable bonds is 5. The Morgan fingerprint density at radius 1 is 1.19 bits per heavy atom. The highest BCUT2D eigenvalue weighted by Gasteiger charge is 2.20. The fourth-order valence-corrected chi connectivity index (χ4v) is 2.61. The minimum atomic E-state index is -0.426. The number of hydrogen-bond acceptors (Lipinski definition) is 6. The molecule has 1 aromatic carbocycles. The molecule has 0 bridgehead atoms. The summed E-state index contributed by atoms with van der Waals surface area (Å²) in [5, 5.41) is 7.68. The first kappa shape index (κ1) is 16.0. The number of aromatic nitrogens is 3. The largest absolute Gasteiger partial charge is 0.460 e. The minimum Gasteiger partial charge on any atom is -0.460 e. The fraction of sp³-hybridized carbons (Fsp3) is 0.158. The maximum absolute atomic E-state index is 12.4. The molecule has 0 fully saturated rings. The number of furan rings is 1. The van der Waals surface area contributed by atoms with E-state index in [1.165, 1.54) is 0 Å². The maximum Gasteiger partial charge on any atom is 0.246 e. The molecular weight excluding hydrogens is 332 g/mol. The Morgan fingerprint density at radius 2 is 2.00 bits per heavy atom. The number of fused-ring (bicyclic) bond motifs is 1. The molecule has 0 unspecified atom stereocenters. The van der Waals surface area contributed by atoms with E-state index in [0.717, 1.165) is 16.5 Å². The Hall–Kier alpha value is -3.48. The number of para-hydroxylation sites is 1. The van der Waals surface area contributed by atoms with Crippen LogP contribution in [0.25, 0.3) is 22.4 Å². The van der Waals surface area contributed by atoms with Crippen LogP contribution in [0.3, 0.4) is 0 Å². The van der Waals surface area contributed by atoms with Crippen molar-refractivity contribution in [1.82, 2.24) is 20.4 Å². The Bertz CT molecular complexity index is 1010. The van der Waals surface area contributed by atoms with Gasteiger partial charge >= 0.3 is 0 Å². The van der Waals surface area contributed by atoms with Gasteiger partial charge in [0, 0.05) is 23.3 Å². The lowest BCUT2D eigenvalue weighted by Gasteiger charge is -2.07. The quantitative estimate of drug-likeness (QED) is 0.595. The zero-order valence-corrected chi connectivity index (χ0v) is 14.0. The topological polar surface area (TPSA) is 94.1 Å². The van der Waals surface area contributed by atoms with E-state index in [1.54, 1.807) is 31.5 Å². The van der Waals surface area contributed by atoms with Gasteiger partial charge in [0.15, 0.2) is 0 Å². The van der Waals surface area contributed by atoms with Crippen LogP contribution in [-0.4, -0.2) is 21.0 Å². The van der Waals surface area contributed by atoms with Gasteiger partial charge in [-0.2, -0.15) is 4.98 Å². The van der Waals surface area contributed by atoms with Crippen LogP contribution >= 0.6 is 0 Å². The number of nitrogens with zero attached hydrogens (tertiary/aromatic N) is 3. The first-order valence-corrected chi connectivity index (χ1v) is 8.20. The van der Waals surface area contributed by atoms with Gasteiger partial charge in [-0.15, -0.1) is 0 Å². The third kappa shape index (κ3) is 3.19. The Balaban J connectivity index is 1.41. The molecule has 7 nitrogen and oxygen atoms in total. The van der Waals surface area contributed by atoms with E-state index in [0.29, 0.717) is 17.5 Å². The summed E-state index contributed by atoms with van der Waals surface area (Å²) in [4.78, 5) is 20.6. The molecular formula is C19H16N4O3. The van der Waals surface area contributed by atoms with Crippen molar-refractivity contribution in [3.63, 3.8) is 0 Å². The van der Waals surface area contributed by atoms with E-state index in [4.69, 9.17) is 8.94 Å². The van der Waals surface area contributed by atoms with Crippen LogP contribution in [0, 0.1) is 0 Å². The Morgan fingerprint density at radius 3 is 2.81 bits per heavy atom. The molecule has 130 valence electrons. The van der Waals surface area contributed by atoms with Crippen molar-refractivity contribution in [1.29, 1.82) is 0 Å². The van der Waals surface area contributed by atoms with E-state index in [1.807, 2.05) is 30.3 Å². The van der Waals surface area contributed by atoms with Crippen LogP contribution in [-0.2, 0) is 11.3 Å². The molecule has 0 saturated heterocycles. The van der Waals surface area contributed by atoms with Gasteiger partial charge in [-0.25, -0.2) is 0 Å². The monoisotopic (exact) mass is 348 g/mol. The highest BCUT2D eigenvalue weighted by atomic mass is 16.5. The molecule has 0 radical (unpaired) electrons. The van der Waals surface area contributed by atoms with Gasteiger partial charge in [-0.1, -0.05) is 23.4 Å². The van der Waals surface area contributed by atoms with E-state index < -0.39 is 5.92 Å². The van der Waals surface area contributed by atoms with E-state index in [9.17, 15) is 4.79 Å². The third-order valence-corrected chi connectivity index (χ3v) is 4.09. The summed E-state index contributed by atoms with van der Waals surface area (Å²) in [5.74, 6) is 0.813. The average Bonchev–Trinajstić information content (AvgIpc) is 3.33. The van der Waals surface area contributed by atoms with Crippen molar-refractivity contribution >= 4 is 16.9 Å². The first-order valence-electron chi connectivity index (χ1n) is 8.20. The second-order valence-corrected chi connectivity index (χ2v) is 5.87. The molecule has 0 aliphatic carbocycles. The summed E-state index contributed by atoms with van der Waals surface area (Å²) in [7, 11) is 0. The van der Waals surface area contributed by atoms with Gasteiger partial charge < -0.3 is 14.3 Å². The standard InChI is InChI=1S/C19H16N4O3/c1-12(16-10-14-4-2-3-5-15(14)25-16)19(24)21-11-17-22-18(23-26-17)13-6-8-20-9-7-13/h2-10,12H,11H2,1H3,(H,21,24)/t12-/m1/s1. The van der Waals surface area contributed by atoms with Crippen LogP contribution in [0.15, 0.2) is 63.8 Å². The zero-order valence-electron chi connectivity index (χ0n) is 14.0. The van der Waals surface area contributed by atoms with Crippen LogP contribution in [0.1, 0.15) is 24.5 Å². The number of benzene rings is 1. The van der Waals surface area contributed by atoms with Gasteiger partial charge in [-0.05, 0) is 31.2 Å². The SMILES string of the molecule is C[C@@H](C(=O)NCc1nc(-c2ccncc2)no1)c1cc2ccccc2o1. The predicted octanol–water partition coefficient (Wildman–Crippen LogP) is 3.30. The third-order valence-electron chi connectivity index (χ3n) is 4.09. The van der Waals surface area contributed by atoms with Gasteiger partial charge in [0.2, 0.25) is 17.6 Å². The summed E-state index contributed by atoms with van der Waals surface area (Å²) < 4.78 is 10.9. The zero-order chi connectivity index (χ0) is 17.9. The Labute approximate surface area is 149 Å². The normalized spacial score (nSPS) is 12.2. The van der Waals surface area contributed by atoms with E-state index in [-0.39, 0.29) is 12.5 Å². The van der Waals surface area contributed by atoms with Gasteiger partial charge in [0.05, 0.1) is 12.5 Å². The summed E-state index contributed by atoms with van der Waals surface area (Å²) in [6, 6.07) is 13.1. The summed E-state index contributed by atoms with van der Waals surface area (Å²) in [5.41, 5.74) is 1.57. The van der Waals surface area contributed by atoms with E-state index in [2.05, 4.69) is 20.4 Å². The summed E-state index contributed by atoms with van der Waals surface area (Å²) in [6.45, 7) is 1.95. The highest BCUT2D eigenvalue weighted by Crippen LogP contribution is 2.25. The average molecular weight is 348 g/mol. The molecule has 0 aliphatic rings.